The second-order valence-electron chi connectivity index (χ2n) is 3.64. The molecule has 0 bridgehead atoms. The van der Waals surface area contributed by atoms with Crippen LogP contribution in [0, 0.1) is 0 Å². The number of hydrogen-bond acceptors (Lipinski definition) is 18. The smallest absolute Gasteiger partial charge is 0.759 e. The van der Waals surface area contributed by atoms with Gasteiger partial charge in [0.25, 0.3) is 0 Å². The second-order valence-corrected chi connectivity index (χ2v) is 6.09. The number of rotatable bonds is 0. The van der Waals surface area contributed by atoms with Crippen molar-refractivity contribution in [3.05, 3.63) is 0 Å². The molecule has 0 aliphatic carbocycles. The van der Waals surface area contributed by atoms with Gasteiger partial charge in [-0.05, 0) is 0 Å². The number of nitrogens with two attached hydrogens (primary N) is 12. The van der Waals surface area contributed by atoms with Crippen molar-refractivity contribution in [3.8, 4) is 0 Å². The number of urea groups is 6. The first-order valence-electron chi connectivity index (χ1n) is 6.69. The molecule has 0 radical (unpaired) electrons. The molecule has 0 aromatic heterocycles. The normalized spacial score (nSPS) is 7.76. The van der Waals surface area contributed by atoms with Crippen molar-refractivity contribution >= 4 is 102 Å². The van der Waals surface area contributed by atoms with Crippen molar-refractivity contribution in [2.45, 2.75) is 0 Å². The molecule has 0 aliphatic heterocycles. The summed E-state index contributed by atoms with van der Waals surface area (Å²) in [6.45, 7) is 0. The average Bonchev–Trinajstić information content (AvgIpc) is 2.35. The average molecular weight is 702 g/mol. The Kier molecular flexibility index (Phi) is 75.1. The Bertz CT molecular complexity index is 792. The van der Waals surface area contributed by atoms with Crippen LogP contribution in [-0.4, -0.2) is 123 Å². The van der Waals surface area contributed by atoms with Gasteiger partial charge in [-0.25, -0.2) is 28.8 Å². The molecule has 0 aliphatic rings. The van der Waals surface area contributed by atoms with Crippen molar-refractivity contribution in [2.24, 2.45) is 68.8 Å². The topological polar surface area (TPSA) is 655 Å². The van der Waals surface area contributed by atoms with E-state index in [4.69, 9.17) is 81.3 Å². The third-order valence-corrected chi connectivity index (χ3v) is 0. The number of primary amides is 12. The van der Waals surface area contributed by atoms with Crippen molar-refractivity contribution in [2.75, 3.05) is 0 Å². The van der Waals surface area contributed by atoms with E-state index in [0.717, 1.165) is 0 Å². The van der Waals surface area contributed by atoms with Crippen LogP contribution in [0.3, 0.4) is 0 Å². The fourth-order valence-electron chi connectivity index (χ4n) is 0. The molecule has 0 saturated carbocycles. The molecule has 240 valence electrons. The fraction of sp³-hybridized carbons (Fsp3) is 0. The molecule has 41 heavy (non-hydrogen) atoms. The Morgan fingerprint density at radius 1 is 0.293 bits per heavy atom. The minimum atomic E-state index is -5.17. The summed E-state index contributed by atoms with van der Waals surface area (Å²) in [5.74, 6) is 0. The van der Waals surface area contributed by atoms with Gasteiger partial charge in [-0.1, -0.05) is 0 Å². The zero-order valence-corrected chi connectivity index (χ0v) is 24.4. The Labute approximate surface area is 251 Å². The molecule has 0 aromatic rings. The molecule has 24 N–H and O–H groups in total. The van der Waals surface area contributed by atoms with E-state index >= 15 is 0 Å². The first-order valence-corrected chi connectivity index (χ1v) is 10.7. The summed E-state index contributed by atoms with van der Waals surface area (Å²) >= 11 is 0. The van der Waals surface area contributed by atoms with Crippen LogP contribution < -0.4 is 68.8 Å². The van der Waals surface area contributed by atoms with Gasteiger partial charge in [0, 0.05) is 31.2 Å². The molecule has 0 unspecified atom stereocenters. The maximum absolute atomic E-state index is 9.00. The maximum Gasteiger partial charge on any atom is 3.00 e. The molecule has 0 fully saturated rings. The first-order chi connectivity index (χ1) is 16.4. The molecular formula is C6H24Al2N12O18S3. The van der Waals surface area contributed by atoms with Crippen LogP contribution in [0.4, 0.5) is 28.8 Å². The van der Waals surface area contributed by atoms with Gasteiger partial charge in [-0.3, -0.25) is 25.3 Å². The molecule has 0 spiro atoms. The number of amides is 12. The summed E-state index contributed by atoms with van der Waals surface area (Å²) < 4.78 is 102. The van der Waals surface area contributed by atoms with E-state index in [1.165, 1.54) is 0 Å². The zero-order chi connectivity index (χ0) is 35.0. The number of carbonyl (C=O) groups excluding carboxylic acids is 6. The van der Waals surface area contributed by atoms with Gasteiger partial charge in [0.15, 0.2) is 0 Å². The van der Waals surface area contributed by atoms with E-state index < -0.39 is 67.4 Å². The maximum atomic E-state index is 9.00. The Hall–Kier alpha value is -3.71. The van der Waals surface area contributed by atoms with Crippen molar-refractivity contribution in [1.29, 1.82) is 0 Å². The monoisotopic (exact) mass is 702 g/mol. The molecule has 35 heteroatoms. The molecular weight excluding hydrogens is 678 g/mol. The minimum absolute atomic E-state index is 0. The predicted molar refractivity (Wildman–Crippen MR) is 126 cm³/mol. The standard InChI is InChI=1S/6CH4N2O.2Al.3H2O4S/c6*2-1(3)4;;;3*1-5(2,3)4/h6*(H4,2,3,4);;;3*(H2,1,2,3,4)/q;;;;;;2*+3;;;/p-6. The van der Waals surface area contributed by atoms with E-state index in [9.17, 15) is 0 Å². The third kappa shape index (κ3) is 3110. The molecule has 0 aromatic carbocycles. The summed E-state index contributed by atoms with van der Waals surface area (Å²) in [7, 11) is -15.5. The Balaban J connectivity index is -0.0000000273. The van der Waals surface area contributed by atoms with Crippen LogP contribution in [-0.2, 0) is 31.2 Å². The van der Waals surface area contributed by atoms with E-state index in [1.54, 1.807) is 0 Å². The molecule has 0 heterocycles. The first kappa shape index (κ1) is 71.1. The van der Waals surface area contributed by atoms with Crippen LogP contribution in [0.15, 0.2) is 0 Å². The fourth-order valence-corrected chi connectivity index (χ4v) is 0. The summed E-state index contributed by atoms with van der Waals surface area (Å²) in [6.07, 6.45) is 0. The number of carbonyl (C=O) groups is 6. The zero-order valence-electron chi connectivity index (χ0n) is 19.7. The van der Waals surface area contributed by atoms with Gasteiger partial charge in [-0.15, -0.1) is 0 Å². The molecule has 0 atom stereocenters. The van der Waals surface area contributed by atoms with E-state index in [-0.39, 0.29) is 34.7 Å². The Morgan fingerprint density at radius 3 is 0.293 bits per heavy atom. The number of hydrogen-bond donors (Lipinski definition) is 12. The van der Waals surface area contributed by atoms with E-state index in [1.807, 2.05) is 0 Å². The van der Waals surface area contributed by atoms with Crippen molar-refractivity contribution < 1.29 is 81.3 Å². The summed E-state index contributed by atoms with van der Waals surface area (Å²) in [5, 5.41) is 0. The van der Waals surface area contributed by atoms with Gasteiger partial charge >= 0.3 is 70.9 Å². The van der Waals surface area contributed by atoms with Crippen LogP contribution in [0.1, 0.15) is 0 Å². The van der Waals surface area contributed by atoms with Gasteiger partial charge in [-0.2, -0.15) is 0 Å². The van der Waals surface area contributed by atoms with Gasteiger partial charge in [0.1, 0.15) is 0 Å². The van der Waals surface area contributed by atoms with Gasteiger partial charge in [0.2, 0.25) is 0 Å². The summed E-state index contributed by atoms with van der Waals surface area (Å²) in [6, 6.07) is -5.00. The van der Waals surface area contributed by atoms with E-state index in [2.05, 4.69) is 68.8 Å². The van der Waals surface area contributed by atoms with Crippen molar-refractivity contribution in [3.63, 3.8) is 0 Å². The molecule has 0 rings (SSSR count). The Morgan fingerprint density at radius 2 is 0.293 bits per heavy atom. The van der Waals surface area contributed by atoms with Gasteiger partial charge < -0.3 is 96.1 Å². The predicted octanol–water partition coefficient (Wildman–Crippen LogP) is -10.6. The van der Waals surface area contributed by atoms with Gasteiger partial charge in [0.05, 0.1) is 0 Å². The SMILES string of the molecule is NC(N)=O.NC(N)=O.NC(N)=O.NC(N)=O.NC(N)=O.NC(N)=O.O=S(=O)([O-])[O-].O=S(=O)([O-])[O-].O=S(=O)([O-])[O-].[Al+3].[Al+3]. The second kappa shape index (κ2) is 43.4. The quantitative estimate of drug-likeness (QED) is 0.0633. The molecule has 30 nitrogen and oxygen atoms in total. The van der Waals surface area contributed by atoms with Crippen LogP contribution in [0.5, 0.6) is 0 Å². The summed E-state index contributed by atoms with van der Waals surface area (Å²) in [4.78, 5) is 54.0. The van der Waals surface area contributed by atoms with Crippen LogP contribution in [0.25, 0.3) is 0 Å². The molecule has 0 saturated heterocycles. The van der Waals surface area contributed by atoms with Crippen LogP contribution in [0.2, 0.25) is 0 Å². The summed E-state index contributed by atoms with van der Waals surface area (Å²) in [5.41, 5.74) is 51.0. The van der Waals surface area contributed by atoms with E-state index in [0.29, 0.717) is 0 Å². The largest absolute Gasteiger partial charge is 3.00 e. The third-order valence-electron chi connectivity index (χ3n) is 0. The van der Waals surface area contributed by atoms with Crippen LogP contribution >= 0.6 is 0 Å². The minimum Gasteiger partial charge on any atom is -0.759 e. The molecule has 12 amide bonds. The van der Waals surface area contributed by atoms with Crippen molar-refractivity contribution in [1.82, 2.24) is 0 Å².